The first-order valence-electron chi connectivity index (χ1n) is 6.50. The number of rotatable bonds is 1. The standard InChI is InChI=1S/C12H21N3O3/c1-13(2)12(17)14-7-4-10(5-8-14)11(16)15-6-3-9-18-15/h10H,3-9H2,1-2H3. The summed E-state index contributed by atoms with van der Waals surface area (Å²) in [7, 11) is 3.50. The molecule has 0 bridgehead atoms. The largest absolute Gasteiger partial charge is 0.331 e. The maximum Gasteiger partial charge on any atom is 0.319 e. The van der Waals surface area contributed by atoms with Crippen molar-refractivity contribution >= 4 is 11.9 Å². The van der Waals surface area contributed by atoms with Crippen LogP contribution in [-0.4, -0.2) is 67.1 Å². The summed E-state index contributed by atoms with van der Waals surface area (Å²) in [5.41, 5.74) is 0. The molecule has 2 heterocycles. The Morgan fingerprint density at radius 2 is 1.83 bits per heavy atom. The monoisotopic (exact) mass is 255 g/mol. The SMILES string of the molecule is CN(C)C(=O)N1CCC(C(=O)N2CCCO2)CC1. The maximum atomic E-state index is 12.1. The summed E-state index contributed by atoms with van der Waals surface area (Å²) in [5.74, 6) is 0.0961. The molecule has 2 aliphatic rings. The van der Waals surface area contributed by atoms with Gasteiger partial charge in [-0.3, -0.25) is 9.63 Å². The lowest BCUT2D eigenvalue weighted by Crippen LogP contribution is -2.46. The smallest absolute Gasteiger partial charge is 0.319 e. The predicted molar refractivity (Wildman–Crippen MR) is 65.7 cm³/mol. The van der Waals surface area contributed by atoms with E-state index in [-0.39, 0.29) is 17.9 Å². The van der Waals surface area contributed by atoms with Crippen molar-refractivity contribution < 1.29 is 14.4 Å². The predicted octanol–water partition coefficient (Wildman–Crippen LogP) is 0.544. The third-order valence-electron chi connectivity index (χ3n) is 3.50. The third-order valence-corrected chi connectivity index (χ3v) is 3.50. The van der Waals surface area contributed by atoms with Crippen LogP contribution in [0.3, 0.4) is 0 Å². The molecule has 0 N–H and O–H groups in total. The Morgan fingerprint density at radius 3 is 2.33 bits per heavy atom. The molecule has 18 heavy (non-hydrogen) atoms. The zero-order valence-corrected chi connectivity index (χ0v) is 11.1. The van der Waals surface area contributed by atoms with E-state index in [1.54, 1.807) is 23.9 Å². The lowest BCUT2D eigenvalue weighted by Gasteiger charge is -2.34. The highest BCUT2D eigenvalue weighted by Crippen LogP contribution is 2.21. The summed E-state index contributed by atoms with van der Waals surface area (Å²) in [5, 5.41) is 1.49. The fourth-order valence-electron chi connectivity index (χ4n) is 2.43. The molecule has 0 unspecified atom stereocenters. The van der Waals surface area contributed by atoms with Crippen LogP contribution in [-0.2, 0) is 9.63 Å². The second-order valence-corrected chi connectivity index (χ2v) is 5.07. The topological polar surface area (TPSA) is 53.1 Å². The minimum Gasteiger partial charge on any atom is -0.331 e. The number of piperidine rings is 1. The first-order valence-corrected chi connectivity index (χ1v) is 6.50. The Balaban J connectivity index is 1.82. The molecule has 2 aliphatic heterocycles. The highest BCUT2D eigenvalue weighted by Gasteiger charge is 2.32. The van der Waals surface area contributed by atoms with E-state index < -0.39 is 0 Å². The summed E-state index contributed by atoms with van der Waals surface area (Å²) >= 11 is 0. The highest BCUT2D eigenvalue weighted by molar-refractivity contribution is 5.79. The van der Waals surface area contributed by atoms with Gasteiger partial charge in [0.15, 0.2) is 0 Å². The molecule has 3 amide bonds. The molecule has 0 radical (unpaired) electrons. The number of urea groups is 1. The zero-order valence-electron chi connectivity index (χ0n) is 11.1. The van der Waals surface area contributed by atoms with Crippen molar-refractivity contribution in [3.8, 4) is 0 Å². The van der Waals surface area contributed by atoms with Gasteiger partial charge in [0.1, 0.15) is 0 Å². The number of likely N-dealkylation sites (tertiary alicyclic amines) is 1. The van der Waals surface area contributed by atoms with Crippen molar-refractivity contribution in [1.29, 1.82) is 0 Å². The molecule has 0 aromatic rings. The Hall–Kier alpha value is -1.30. The fraction of sp³-hybridized carbons (Fsp3) is 0.833. The average Bonchev–Trinajstić information content (AvgIpc) is 2.91. The number of carbonyl (C=O) groups excluding carboxylic acids is 2. The van der Waals surface area contributed by atoms with Gasteiger partial charge in [-0.1, -0.05) is 0 Å². The van der Waals surface area contributed by atoms with Crippen LogP contribution < -0.4 is 0 Å². The number of amides is 3. The van der Waals surface area contributed by atoms with Crippen LogP contribution >= 0.6 is 0 Å². The lowest BCUT2D eigenvalue weighted by atomic mass is 9.96. The molecule has 6 nitrogen and oxygen atoms in total. The maximum absolute atomic E-state index is 12.1. The van der Waals surface area contributed by atoms with E-state index in [0.717, 1.165) is 19.3 Å². The van der Waals surface area contributed by atoms with Crippen LogP contribution in [0.5, 0.6) is 0 Å². The molecule has 0 saturated carbocycles. The molecule has 2 fully saturated rings. The number of carbonyl (C=O) groups is 2. The molecule has 0 spiro atoms. The third kappa shape index (κ3) is 2.75. The van der Waals surface area contributed by atoms with Crippen LogP contribution in [0.4, 0.5) is 4.79 Å². The van der Waals surface area contributed by atoms with E-state index in [2.05, 4.69) is 0 Å². The second kappa shape index (κ2) is 5.56. The quantitative estimate of drug-likeness (QED) is 0.687. The summed E-state index contributed by atoms with van der Waals surface area (Å²) in [4.78, 5) is 32.5. The van der Waals surface area contributed by atoms with Gasteiger partial charge in [0.25, 0.3) is 0 Å². The molecule has 0 atom stereocenters. The lowest BCUT2D eigenvalue weighted by molar-refractivity contribution is -0.174. The van der Waals surface area contributed by atoms with Crippen molar-refractivity contribution in [2.75, 3.05) is 40.3 Å². The Morgan fingerprint density at radius 1 is 1.17 bits per heavy atom. The van der Waals surface area contributed by atoms with E-state index in [4.69, 9.17) is 4.84 Å². The van der Waals surface area contributed by atoms with Gasteiger partial charge in [0.05, 0.1) is 13.2 Å². The van der Waals surface area contributed by atoms with E-state index in [1.807, 2.05) is 0 Å². The van der Waals surface area contributed by atoms with Crippen LogP contribution in [0.15, 0.2) is 0 Å². The summed E-state index contributed by atoms with van der Waals surface area (Å²) in [6, 6.07) is 0.0262. The number of hydrogen-bond acceptors (Lipinski definition) is 3. The molecule has 0 aromatic carbocycles. The molecule has 102 valence electrons. The first kappa shape index (κ1) is 13.1. The molecular formula is C12H21N3O3. The van der Waals surface area contributed by atoms with Gasteiger partial charge >= 0.3 is 6.03 Å². The van der Waals surface area contributed by atoms with Gasteiger partial charge in [-0.25, -0.2) is 9.86 Å². The Kier molecular flexibility index (Phi) is 4.06. The van der Waals surface area contributed by atoms with Gasteiger partial charge < -0.3 is 9.80 Å². The molecule has 0 aromatic heterocycles. The minimum absolute atomic E-state index is 0.00862. The molecule has 0 aliphatic carbocycles. The van der Waals surface area contributed by atoms with E-state index in [9.17, 15) is 9.59 Å². The van der Waals surface area contributed by atoms with Crippen molar-refractivity contribution in [1.82, 2.24) is 14.9 Å². The van der Waals surface area contributed by atoms with Crippen LogP contribution in [0.25, 0.3) is 0 Å². The summed E-state index contributed by atoms with van der Waals surface area (Å²) in [6.07, 6.45) is 2.39. The van der Waals surface area contributed by atoms with Crippen molar-refractivity contribution in [2.24, 2.45) is 5.92 Å². The fourth-order valence-corrected chi connectivity index (χ4v) is 2.43. The van der Waals surface area contributed by atoms with Crippen LogP contribution in [0, 0.1) is 5.92 Å². The zero-order chi connectivity index (χ0) is 13.1. The number of nitrogens with zero attached hydrogens (tertiary/aromatic N) is 3. The van der Waals surface area contributed by atoms with Gasteiger partial charge in [-0.2, -0.15) is 0 Å². The van der Waals surface area contributed by atoms with E-state index in [1.165, 1.54) is 5.06 Å². The van der Waals surface area contributed by atoms with Crippen molar-refractivity contribution in [3.63, 3.8) is 0 Å². The summed E-state index contributed by atoms with van der Waals surface area (Å²) in [6.45, 7) is 2.65. The van der Waals surface area contributed by atoms with Gasteiger partial charge in [-0.05, 0) is 19.3 Å². The Labute approximate surface area is 107 Å². The average molecular weight is 255 g/mol. The number of hydrogen-bond donors (Lipinski definition) is 0. The Bertz CT molecular complexity index is 319. The molecular weight excluding hydrogens is 234 g/mol. The number of hydroxylamine groups is 2. The second-order valence-electron chi connectivity index (χ2n) is 5.07. The van der Waals surface area contributed by atoms with Crippen molar-refractivity contribution in [3.05, 3.63) is 0 Å². The van der Waals surface area contributed by atoms with Crippen molar-refractivity contribution in [2.45, 2.75) is 19.3 Å². The summed E-state index contributed by atoms with van der Waals surface area (Å²) < 4.78 is 0. The van der Waals surface area contributed by atoms with Gasteiger partial charge in [0.2, 0.25) is 5.91 Å². The van der Waals surface area contributed by atoms with Gasteiger partial charge in [-0.15, -0.1) is 0 Å². The minimum atomic E-state index is 0.00862. The highest BCUT2D eigenvalue weighted by atomic mass is 16.7. The van der Waals surface area contributed by atoms with Gasteiger partial charge in [0, 0.05) is 33.1 Å². The van der Waals surface area contributed by atoms with Crippen LogP contribution in [0.1, 0.15) is 19.3 Å². The van der Waals surface area contributed by atoms with Crippen LogP contribution in [0.2, 0.25) is 0 Å². The van der Waals surface area contributed by atoms with E-state index >= 15 is 0 Å². The molecule has 2 saturated heterocycles. The van der Waals surface area contributed by atoms with E-state index in [0.29, 0.717) is 26.2 Å². The normalized spacial score (nSPS) is 21.2. The molecule has 2 rings (SSSR count). The first-order chi connectivity index (χ1) is 8.59. The molecule has 6 heteroatoms.